The first-order valence-corrected chi connectivity index (χ1v) is 9.76. The van der Waals surface area contributed by atoms with Gasteiger partial charge in [-0.15, -0.1) is 0 Å². The number of amides is 1. The van der Waals surface area contributed by atoms with Crippen molar-refractivity contribution in [3.05, 3.63) is 35.4 Å². The molecule has 2 atom stereocenters. The minimum atomic E-state index is -0.246. The summed E-state index contributed by atoms with van der Waals surface area (Å²) >= 11 is 0. The number of hydrogen-bond acceptors (Lipinski definition) is 2. The van der Waals surface area contributed by atoms with E-state index < -0.39 is 0 Å². The lowest BCUT2D eigenvalue weighted by Crippen LogP contribution is -2.46. The number of hydrogen-bond donors (Lipinski definition) is 1. The Labute approximate surface area is 145 Å². The van der Waals surface area contributed by atoms with Gasteiger partial charge in [0.05, 0.1) is 5.41 Å². The summed E-state index contributed by atoms with van der Waals surface area (Å²) in [6.07, 6.45) is 6.77. The van der Waals surface area contributed by atoms with Crippen LogP contribution in [0.3, 0.4) is 0 Å². The van der Waals surface area contributed by atoms with Crippen LogP contribution in [0.4, 0.5) is 0 Å². The van der Waals surface area contributed by atoms with Crippen LogP contribution in [-0.2, 0) is 10.2 Å². The van der Waals surface area contributed by atoms with Gasteiger partial charge in [0.2, 0.25) is 5.91 Å². The molecule has 3 aliphatic rings. The molecule has 3 fully saturated rings. The van der Waals surface area contributed by atoms with Gasteiger partial charge in [0.25, 0.3) is 0 Å². The lowest BCUT2D eigenvalue weighted by atomic mass is 9.77. The standard InChI is InChI=1S/C21H30N2O/c1-16-5-4-6-19(13-16)21(9-2-3-10-21)20(24)23-11-7-17-14-22-15-18(17)8-12-23/h4-6,13,17-18,22H,2-3,7-12,14-15H2,1H3. The first-order valence-electron chi connectivity index (χ1n) is 9.76. The van der Waals surface area contributed by atoms with Crippen LogP contribution >= 0.6 is 0 Å². The highest BCUT2D eigenvalue weighted by Crippen LogP contribution is 2.43. The van der Waals surface area contributed by atoms with Gasteiger partial charge in [-0.3, -0.25) is 4.79 Å². The fourth-order valence-electron chi connectivity index (χ4n) is 5.27. The second kappa shape index (κ2) is 6.51. The van der Waals surface area contributed by atoms with Crippen molar-refractivity contribution < 1.29 is 4.79 Å². The van der Waals surface area contributed by atoms with Crippen LogP contribution in [0.5, 0.6) is 0 Å². The summed E-state index contributed by atoms with van der Waals surface area (Å²) in [7, 11) is 0. The third-order valence-corrected chi connectivity index (χ3v) is 6.74. The Morgan fingerprint density at radius 1 is 1.12 bits per heavy atom. The first-order chi connectivity index (χ1) is 11.7. The van der Waals surface area contributed by atoms with Gasteiger partial charge in [-0.2, -0.15) is 0 Å². The fraction of sp³-hybridized carbons (Fsp3) is 0.667. The second-order valence-corrected chi connectivity index (χ2v) is 8.21. The lowest BCUT2D eigenvalue weighted by Gasteiger charge is -2.35. The molecule has 1 aromatic carbocycles. The van der Waals surface area contributed by atoms with E-state index in [1.165, 1.54) is 36.8 Å². The van der Waals surface area contributed by atoms with Crippen molar-refractivity contribution >= 4 is 5.91 Å². The molecule has 1 aliphatic carbocycles. The summed E-state index contributed by atoms with van der Waals surface area (Å²) in [4.78, 5) is 15.8. The van der Waals surface area contributed by atoms with Gasteiger partial charge in [-0.05, 0) is 63.1 Å². The van der Waals surface area contributed by atoms with Gasteiger partial charge in [0, 0.05) is 13.1 Å². The van der Waals surface area contributed by atoms with Gasteiger partial charge in [-0.25, -0.2) is 0 Å². The van der Waals surface area contributed by atoms with E-state index in [4.69, 9.17) is 0 Å². The molecule has 1 aromatic rings. The first kappa shape index (κ1) is 16.1. The molecule has 130 valence electrons. The molecule has 2 heterocycles. The molecule has 2 saturated heterocycles. The van der Waals surface area contributed by atoms with Gasteiger partial charge in [0.15, 0.2) is 0 Å². The topological polar surface area (TPSA) is 32.3 Å². The Balaban J connectivity index is 1.58. The number of aryl methyl sites for hydroxylation is 1. The Morgan fingerprint density at radius 3 is 2.42 bits per heavy atom. The molecular formula is C21H30N2O. The van der Waals surface area contributed by atoms with E-state index in [0.29, 0.717) is 5.91 Å². The molecule has 4 rings (SSSR count). The zero-order valence-corrected chi connectivity index (χ0v) is 14.9. The number of rotatable bonds is 2. The van der Waals surface area contributed by atoms with Crippen LogP contribution < -0.4 is 5.32 Å². The maximum absolute atomic E-state index is 13.6. The van der Waals surface area contributed by atoms with E-state index in [1.54, 1.807) is 0 Å². The number of carbonyl (C=O) groups is 1. The molecule has 0 aromatic heterocycles. The average molecular weight is 326 g/mol. The predicted octanol–water partition coefficient (Wildman–Crippen LogP) is 3.26. The quantitative estimate of drug-likeness (QED) is 0.905. The molecule has 0 radical (unpaired) electrons. The zero-order chi connectivity index (χ0) is 16.6. The molecule has 1 amide bonds. The van der Waals surface area contributed by atoms with Crippen LogP contribution in [0.1, 0.15) is 49.7 Å². The van der Waals surface area contributed by atoms with Gasteiger partial charge in [0.1, 0.15) is 0 Å². The maximum atomic E-state index is 13.6. The Bertz CT molecular complexity index is 592. The fourth-order valence-corrected chi connectivity index (χ4v) is 5.27. The van der Waals surface area contributed by atoms with E-state index in [9.17, 15) is 4.79 Å². The number of benzene rings is 1. The van der Waals surface area contributed by atoms with E-state index in [-0.39, 0.29) is 5.41 Å². The molecule has 0 bridgehead atoms. The molecule has 3 nitrogen and oxygen atoms in total. The Morgan fingerprint density at radius 2 is 1.79 bits per heavy atom. The van der Waals surface area contributed by atoms with E-state index >= 15 is 0 Å². The summed E-state index contributed by atoms with van der Waals surface area (Å²) in [6, 6.07) is 8.69. The highest BCUT2D eigenvalue weighted by atomic mass is 16.2. The summed E-state index contributed by atoms with van der Waals surface area (Å²) in [5.74, 6) is 1.97. The number of nitrogens with one attached hydrogen (secondary N) is 1. The normalized spacial score (nSPS) is 29.3. The Hall–Kier alpha value is -1.35. The lowest BCUT2D eigenvalue weighted by molar-refractivity contribution is -0.137. The minimum Gasteiger partial charge on any atom is -0.342 e. The highest BCUT2D eigenvalue weighted by Gasteiger charge is 2.45. The summed E-state index contributed by atoms with van der Waals surface area (Å²) in [5, 5.41) is 3.53. The molecule has 24 heavy (non-hydrogen) atoms. The van der Waals surface area contributed by atoms with Crippen molar-refractivity contribution in [2.75, 3.05) is 26.2 Å². The Kier molecular flexibility index (Phi) is 4.38. The number of carbonyl (C=O) groups excluding carboxylic acids is 1. The monoisotopic (exact) mass is 326 g/mol. The van der Waals surface area contributed by atoms with Crippen molar-refractivity contribution in [1.82, 2.24) is 10.2 Å². The average Bonchev–Trinajstić information content (AvgIpc) is 3.21. The highest BCUT2D eigenvalue weighted by molar-refractivity contribution is 5.88. The molecule has 1 saturated carbocycles. The van der Waals surface area contributed by atoms with Crippen LogP contribution in [0.2, 0.25) is 0 Å². The smallest absolute Gasteiger partial charge is 0.233 e. The van der Waals surface area contributed by atoms with Crippen molar-refractivity contribution in [3.63, 3.8) is 0 Å². The minimum absolute atomic E-state index is 0.246. The predicted molar refractivity (Wildman–Crippen MR) is 97.0 cm³/mol. The summed E-state index contributed by atoms with van der Waals surface area (Å²) < 4.78 is 0. The van der Waals surface area contributed by atoms with Crippen LogP contribution in [0.15, 0.2) is 24.3 Å². The largest absolute Gasteiger partial charge is 0.342 e. The number of fused-ring (bicyclic) bond motifs is 1. The van der Waals surface area contributed by atoms with Crippen LogP contribution in [0.25, 0.3) is 0 Å². The SMILES string of the molecule is Cc1cccc(C2(C(=O)N3CCC4CNCC4CC3)CCCC2)c1. The maximum Gasteiger partial charge on any atom is 0.233 e. The van der Waals surface area contributed by atoms with Crippen LogP contribution in [-0.4, -0.2) is 37.0 Å². The molecule has 2 aliphatic heterocycles. The summed E-state index contributed by atoms with van der Waals surface area (Å²) in [5.41, 5.74) is 2.28. The van der Waals surface area contributed by atoms with Crippen molar-refractivity contribution in [2.24, 2.45) is 11.8 Å². The van der Waals surface area contributed by atoms with Crippen molar-refractivity contribution in [2.45, 2.75) is 50.9 Å². The molecular weight excluding hydrogens is 296 g/mol. The molecule has 1 N–H and O–H groups in total. The molecule has 0 spiro atoms. The van der Waals surface area contributed by atoms with E-state index in [2.05, 4.69) is 41.4 Å². The molecule has 3 heteroatoms. The summed E-state index contributed by atoms with van der Waals surface area (Å²) in [6.45, 7) is 6.34. The van der Waals surface area contributed by atoms with Gasteiger partial charge < -0.3 is 10.2 Å². The van der Waals surface area contributed by atoms with E-state index in [1.807, 2.05) is 0 Å². The zero-order valence-electron chi connectivity index (χ0n) is 14.9. The van der Waals surface area contributed by atoms with Crippen molar-refractivity contribution in [3.8, 4) is 0 Å². The third-order valence-electron chi connectivity index (χ3n) is 6.74. The second-order valence-electron chi connectivity index (χ2n) is 8.21. The molecule has 2 unspecified atom stereocenters. The third kappa shape index (κ3) is 2.77. The van der Waals surface area contributed by atoms with Crippen LogP contribution in [0, 0.1) is 18.8 Å². The number of nitrogens with zero attached hydrogens (tertiary/aromatic N) is 1. The van der Waals surface area contributed by atoms with Crippen molar-refractivity contribution in [1.29, 1.82) is 0 Å². The van der Waals surface area contributed by atoms with E-state index in [0.717, 1.165) is 50.9 Å². The number of likely N-dealkylation sites (tertiary alicyclic amines) is 1. The van der Waals surface area contributed by atoms with Gasteiger partial charge in [-0.1, -0.05) is 42.7 Å². The van der Waals surface area contributed by atoms with Gasteiger partial charge >= 0.3 is 0 Å².